The maximum atomic E-state index is 13.5. The number of aromatic amines is 1. The van der Waals surface area contributed by atoms with Crippen LogP contribution in [0.25, 0.3) is 0 Å². The van der Waals surface area contributed by atoms with Gasteiger partial charge < -0.3 is 10.3 Å². The maximum Gasteiger partial charge on any atom is 0.255 e. The Morgan fingerprint density at radius 2 is 2.18 bits per heavy atom. The van der Waals surface area contributed by atoms with Gasteiger partial charge in [0.2, 0.25) is 0 Å². The fraction of sp³-hybridized carbons (Fsp3) is 0.0833. The fourth-order valence-corrected chi connectivity index (χ4v) is 2.17. The van der Waals surface area contributed by atoms with Crippen molar-refractivity contribution in [2.75, 3.05) is 0 Å². The molecule has 1 amide bonds. The monoisotopic (exact) mass is 344 g/mol. The summed E-state index contributed by atoms with van der Waals surface area (Å²) in [6, 6.07) is 8.26. The number of rotatable bonds is 3. The van der Waals surface area contributed by atoms with Crippen LogP contribution >= 0.6 is 22.6 Å². The van der Waals surface area contributed by atoms with E-state index in [0.29, 0.717) is 10.1 Å². The third-order valence-electron chi connectivity index (χ3n) is 2.29. The van der Waals surface area contributed by atoms with Crippen LogP contribution in [-0.2, 0) is 6.54 Å². The highest BCUT2D eigenvalue weighted by Crippen LogP contribution is 2.15. The number of benzene rings is 1. The van der Waals surface area contributed by atoms with E-state index in [-0.39, 0.29) is 5.56 Å². The molecule has 3 nitrogen and oxygen atoms in total. The Balaban J connectivity index is 2.10. The second kappa shape index (κ2) is 5.31. The summed E-state index contributed by atoms with van der Waals surface area (Å²) in [5, 5.41) is 2.67. The van der Waals surface area contributed by atoms with Crippen molar-refractivity contribution in [2.45, 2.75) is 6.54 Å². The first-order chi connectivity index (χ1) is 8.18. The lowest BCUT2D eigenvalue weighted by Gasteiger charge is -2.06. The minimum absolute atomic E-state index is 0.0969. The Labute approximate surface area is 112 Å². The number of hydrogen-bond donors (Lipinski definition) is 2. The van der Waals surface area contributed by atoms with Crippen molar-refractivity contribution in [1.82, 2.24) is 10.3 Å². The molecule has 2 aromatic rings. The molecule has 0 aliphatic carbocycles. The predicted octanol–water partition coefficient (Wildman–Crippen LogP) is 2.69. The van der Waals surface area contributed by atoms with E-state index < -0.39 is 11.7 Å². The van der Waals surface area contributed by atoms with Gasteiger partial charge in [-0.1, -0.05) is 6.07 Å². The molecule has 0 radical (unpaired) electrons. The molecular formula is C12H10FIN2O. The van der Waals surface area contributed by atoms with Crippen LogP contribution in [0.4, 0.5) is 4.39 Å². The van der Waals surface area contributed by atoms with Gasteiger partial charge in [0.15, 0.2) is 0 Å². The summed E-state index contributed by atoms with van der Waals surface area (Å²) in [6.45, 7) is 0.357. The van der Waals surface area contributed by atoms with E-state index in [1.165, 1.54) is 6.07 Å². The predicted molar refractivity (Wildman–Crippen MR) is 71.1 cm³/mol. The van der Waals surface area contributed by atoms with E-state index in [1.807, 2.05) is 34.7 Å². The number of H-pyrrole nitrogens is 1. The molecule has 1 heterocycles. The van der Waals surface area contributed by atoms with Gasteiger partial charge in [0, 0.05) is 15.5 Å². The Bertz CT molecular complexity index is 505. The molecule has 0 aliphatic rings. The smallest absolute Gasteiger partial charge is 0.255 e. The number of carbonyl (C=O) groups is 1. The number of halogens is 2. The molecule has 0 unspecified atom stereocenters. The first-order valence-corrected chi connectivity index (χ1v) is 6.11. The fourth-order valence-electron chi connectivity index (χ4n) is 1.46. The topological polar surface area (TPSA) is 44.9 Å². The van der Waals surface area contributed by atoms with Gasteiger partial charge in [-0.15, -0.1) is 0 Å². The summed E-state index contributed by atoms with van der Waals surface area (Å²) >= 11 is 1.95. The third-order valence-corrected chi connectivity index (χ3v) is 3.19. The minimum Gasteiger partial charge on any atom is -0.364 e. The largest absolute Gasteiger partial charge is 0.364 e. The van der Waals surface area contributed by atoms with E-state index in [4.69, 9.17) is 0 Å². The number of aromatic nitrogens is 1. The highest BCUT2D eigenvalue weighted by Gasteiger charge is 2.14. The molecule has 1 aromatic heterocycles. The highest BCUT2D eigenvalue weighted by atomic mass is 127. The van der Waals surface area contributed by atoms with Gasteiger partial charge >= 0.3 is 0 Å². The van der Waals surface area contributed by atoms with Gasteiger partial charge in [0.25, 0.3) is 5.91 Å². The third kappa shape index (κ3) is 2.85. The van der Waals surface area contributed by atoms with Gasteiger partial charge in [-0.3, -0.25) is 4.79 Å². The maximum absolute atomic E-state index is 13.5. The summed E-state index contributed by atoms with van der Waals surface area (Å²) < 4.78 is 14.1. The van der Waals surface area contributed by atoms with Gasteiger partial charge in [-0.05, 0) is 46.9 Å². The molecule has 0 fully saturated rings. The van der Waals surface area contributed by atoms with Crippen LogP contribution in [-0.4, -0.2) is 10.9 Å². The zero-order valence-electron chi connectivity index (χ0n) is 8.84. The van der Waals surface area contributed by atoms with Gasteiger partial charge in [-0.25, -0.2) is 4.39 Å². The SMILES string of the molecule is O=C(NCc1ccc[nH]1)c1c(F)cccc1I. The Kier molecular flexibility index (Phi) is 3.78. The minimum atomic E-state index is -0.499. The second-order valence-electron chi connectivity index (χ2n) is 3.47. The van der Waals surface area contributed by atoms with E-state index in [9.17, 15) is 9.18 Å². The molecule has 0 spiro atoms. The first-order valence-electron chi connectivity index (χ1n) is 5.03. The number of nitrogens with one attached hydrogen (secondary N) is 2. The van der Waals surface area contributed by atoms with Gasteiger partial charge in [-0.2, -0.15) is 0 Å². The summed E-state index contributed by atoms with van der Waals surface area (Å²) in [6.07, 6.45) is 1.77. The van der Waals surface area contributed by atoms with Crippen LogP contribution in [0.2, 0.25) is 0 Å². The lowest BCUT2D eigenvalue weighted by Crippen LogP contribution is -2.25. The molecule has 0 bridgehead atoms. The summed E-state index contributed by atoms with van der Waals surface area (Å²) in [4.78, 5) is 14.8. The van der Waals surface area contributed by atoms with Crippen molar-refractivity contribution in [3.63, 3.8) is 0 Å². The molecule has 1 aromatic carbocycles. The standard InChI is InChI=1S/C12H10FIN2O/c13-9-4-1-5-10(14)11(9)12(17)16-7-8-3-2-6-15-8/h1-6,15H,7H2,(H,16,17). The van der Waals surface area contributed by atoms with Gasteiger partial charge in [0.05, 0.1) is 12.1 Å². The number of amides is 1. The average molecular weight is 344 g/mol. The van der Waals surface area contributed by atoms with Crippen LogP contribution in [0, 0.1) is 9.39 Å². The highest BCUT2D eigenvalue weighted by molar-refractivity contribution is 14.1. The van der Waals surface area contributed by atoms with E-state index in [1.54, 1.807) is 18.3 Å². The Hall–Kier alpha value is -1.37. The van der Waals surface area contributed by atoms with Crippen molar-refractivity contribution in [1.29, 1.82) is 0 Å². The van der Waals surface area contributed by atoms with Crippen molar-refractivity contribution in [2.24, 2.45) is 0 Å². The van der Waals surface area contributed by atoms with Gasteiger partial charge in [0.1, 0.15) is 5.82 Å². The molecule has 88 valence electrons. The first kappa shape index (κ1) is 12.1. The van der Waals surface area contributed by atoms with Crippen molar-refractivity contribution in [3.8, 4) is 0 Å². The quantitative estimate of drug-likeness (QED) is 0.827. The molecule has 0 saturated heterocycles. The van der Waals surface area contributed by atoms with E-state index >= 15 is 0 Å². The molecule has 0 aliphatic heterocycles. The van der Waals surface area contributed by atoms with Crippen molar-refractivity contribution >= 4 is 28.5 Å². The van der Waals surface area contributed by atoms with Crippen molar-refractivity contribution < 1.29 is 9.18 Å². The summed E-state index contributed by atoms with van der Waals surface area (Å²) in [5.41, 5.74) is 0.976. The average Bonchev–Trinajstić information content (AvgIpc) is 2.79. The van der Waals surface area contributed by atoms with Crippen LogP contribution in [0.5, 0.6) is 0 Å². The van der Waals surface area contributed by atoms with E-state index in [2.05, 4.69) is 10.3 Å². The van der Waals surface area contributed by atoms with Crippen LogP contribution in [0.1, 0.15) is 16.1 Å². The van der Waals surface area contributed by atoms with Crippen molar-refractivity contribution in [3.05, 3.63) is 57.2 Å². The normalized spacial score (nSPS) is 10.2. The van der Waals surface area contributed by atoms with Crippen LogP contribution in [0.15, 0.2) is 36.5 Å². The van der Waals surface area contributed by atoms with Crippen LogP contribution < -0.4 is 5.32 Å². The molecule has 17 heavy (non-hydrogen) atoms. The molecule has 5 heteroatoms. The lowest BCUT2D eigenvalue weighted by atomic mass is 10.2. The lowest BCUT2D eigenvalue weighted by molar-refractivity contribution is 0.0945. The molecule has 2 N–H and O–H groups in total. The second-order valence-corrected chi connectivity index (χ2v) is 4.64. The molecular weight excluding hydrogens is 334 g/mol. The zero-order valence-corrected chi connectivity index (χ0v) is 11.0. The zero-order chi connectivity index (χ0) is 12.3. The van der Waals surface area contributed by atoms with Crippen LogP contribution in [0.3, 0.4) is 0 Å². The summed E-state index contributed by atoms with van der Waals surface area (Å²) in [5.74, 6) is -0.900. The van der Waals surface area contributed by atoms with E-state index in [0.717, 1.165) is 5.69 Å². The Morgan fingerprint density at radius 3 is 2.82 bits per heavy atom. The molecule has 0 atom stereocenters. The molecule has 2 rings (SSSR count). The summed E-state index contributed by atoms with van der Waals surface area (Å²) in [7, 11) is 0. The Morgan fingerprint density at radius 1 is 1.35 bits per heavy atom. The molecule has 0 saturated carbocycles. The number of carbonyl (C=O) groups excluding carboxylic acids is 1. The number of hydrogen-bond acceptors (Lipinski definition) is 1.